The Balaban J connectivity index is 1.25. The number of aryl methyl sites for hydroxylation is 1. The Morgan fingerprint density at radius 1 is 0.917 bits per heavy atom. The van der Waals surface area contributed by atoms with Crippen molar-refractivity contribution in [2.75, 3.05) is 19.0 Å². The highest BCUT2D eigenvalue weighted by molar-refractivity contribution is 6.03. The van der Waals surface area contributed by atoms with Gasteiger partial charge >= 0.3 is 0 Å². The van der Waals surface area contributed by atoms with Gasteiger partial charge in [-0.3, -0.25) is 9.59 Å². The molecule has 0 unspecified atom stereocenters. The van der Waals surface area contributed by atoms with Crippen LogP contribution in [-0.4, -0.2) is 35.6 Å². The molecule has 2 amide bonds. The fourth-order valence-electron chi connectivity index (χ4n) is 3.68. The maximum Gasteiger partial charge on any atom is 0.253 e. The summed E-state index contributed by atoms with van der Waals surface area (Å²) in [6.45, 7) is 0.508. The Bertz CT molecular complexity index is 1290. The number of nitrogens with one attached hydrogen (secondary N) is 2. The van der Waals surface area contributed by atoms with E-state index in [2.05, 4.69) is 20.8 Å². The smallest absolute Gasteiger partial charge is 0.253 e. The quantitative estimate of drug-likeness (QED) is 0.320. The van der Waals surface area contributed by atoms with Crippen LogP contribution in [0.4, 0.5) is 5.69 Å². The van der Waals surface area contributed by atoms with E-state index in [0.717, 1.165) is 23.3 Å². The Morgan fingerprint density at radius 2 is 1.67 bits per heavy atom. The van der Waals surface area contributed by atoms with E-state index in [9.17, 15) is 9.59 Å². The van der Waals surface area contributed by atoms with Gasteiger partial charge in [0, 0.05) is 24.9 Å². The van der Waals surface area contributed by atoms with Crippen LogP contribution in [0.2, 0.25) is 0 Å². The average Bonchev–Trinajstić information content (AvgIpc) is 3.38. The first-order chi connectivity index (χ1) is 17.6. The van der Waals surface area contributed by atoms with Gasteiger partial charge in [0.25, 0.3) is 5.91 Å². The van der Waals surface area contributed by atoms with Crippen molar-refractivity contribution >= 4 is 17.5 Å². The summed E-state index contributed by atoms with van der Waals surface area (Å²) in [7, 11) is 1.61. The van der Waals surface area contributed by atoms with Crippen LogP contribution in [0.5, 0.6) is 5.75 Å². The van der Waals surface area contributed by atoms with Crippen LogP contribution in [0.25, 0.3) is 11.4 Å². The number of hydrogen-bond donors (Lipinski definition) is 2. The number of para-hydroxylation sites is 1. The number of rotatable bonds is 11. The number of methoxy groups -OCH3 is 1. The lowest BCUT2D eigenvalue weighted by molar-refractivity contribution is -0.116. The molecular weight excluding hydrogens is 456 g/mol. The molecule has 0 saturated heterocycles. The van der Waals surface area contributed by atoms with E-state index in [-0.39, 0.29) is 18.2 Å². The standard InChI is InChI=1S/C28H28N4O4/c1-35-22-16-14-21(15-17-22)27-31-26(36-32-27)13-7-12-25(33)30-24-11-6-5-10-23(24)28(34)29-19-18-20-8-3-2-4-9-20/h2-6,8-11,14-17H,7,12-13,18-19H2,1H3,(H,29,34)(H,30,33). The molecule has 1 heterocycles. The molecule has 2 N–H and O–H groups in total. The second-order valence-corrected chi connectivity index (χ2v) is 8.18. The van der Waals surface area contributed by atoms with Crippen LogP contribution in [0, 0.1) is 0 Å². The monoisotopic (exact) mass is 484 g/mol. The molecule has 4 aromatic rings. The zero-order chi connectivity index (χ0) is 25.2. The number of aromatic nitrogens is 2. The van der Waals surface area contributed by atoms with Gasteiger partial charge in [-0.2, -0.15) is 4.98 Å². The molecule has 36 heavy (non-hydrogen) atoms. The zero-order valence-electron chi connectivity index (χ0n) is 20.1. The van der Waals surface area contributed by atoms with Crippen LogP contribution < -0.4 is 15.4 Å². The SMILES string of the molecule is COc1ccc(-c2noc(CCCC(=O)Nc3ccccc3C(=O)NCCc3ccccc3)n2)cc1. The lowest BCUT2D eigenvalue weighted by Gasteiger charge is -2.11. The van der Waals surface area contributed by atoms with E-state index in [1.165, 1.54) is 0 Å². The first kappa shape index (κ1) is 24.7. The average molecular weight is 485 g/mol. The van der Waals surface area contributed by atoms with E-state index in [1.54, 1.807) is 31.4 Å². The number of ether oxygens (including phenoxy) is 1. The van der Waals surface area contributed by atoms with Crippen molar-refractivity contribution in [1.29, 1.82) is 0 Å². The number of amides is 2. The summed E-state index contributed by atoms with van der Waals surface area (Å²) in [4.78, 5) is 29.6. The Kier molecular flexibility index (Phi) is 8.43. The van der Waals surface area contributed by atoms with Gasteiger partial charge in [-0.05, 0) is 54.8 Å². The van der Waals surface area contributed by atoms with Crippen molar-refractivity contribution in [3.63, 3.8) is 0 Å². The number of carbonyl (C=O) groups is 2. The summed E-state index contributed by atoms with van der Waals surface area (Å²) in [5.41, 5.74) is 2.89. The van der Waals surface area contributed by atoms with Gasteiger partial charge in [-0.15, -0.1) is 0 Å². The van der Waals surface area contributed by atoms with Gasteiger partial charge in [-0.25, -0.2) is 0 Å². The lowest BCUT2D eigenvalue weighted by Crippen LogP contribution is -2.27. The third-order valence-electron chi connectivity index (χ3n) is 5.60. The van der Waals surface area contributed by atoms with Crippen LogP contribution in [0.1, 0.15) is 34.7 Å². The molecule has 8 nitrogen and oxygen atoms in total. The van der Waals surface area contributed by atoms with Gasteiger partial charge in [-0.1, -0.05) is 47.6 Å². The molecule has 3 aromatic carbocycles. The van der Waals surface area contributed by atoms with Gasteiger partial charge in [0.05, 0.1) is 18.4 Å². The Morgan fingerprint density at radius 3 is 2.44 bits per heavy atom. The molecule has 0 aliphatic rings. The highest BCUT2D eigenvalue weighted by Crippen LogP contribution is 2.20. The van der Waals surface area contributed by atoms with E-state index < -0.39 is 0 Å². The van der Waals surface area contributed by atoms with Gasteiger partial charge in [0.1, 0.15) is 5.75 Å². The molecular formula is C28H28N4O4. The summed E-state index contributed by atoms with van der Waals surface area (Å²) < 4.78 is 10.5. The zero-order valence-corrected chi connectivity index (χ0v) is 20.1. The minimum absolute atomic E-state index is 0.186. The normalized spacial score (nSPS) is 10.6. The molecule has 0 spiro atoms. The van der Waals surface area contributed by atoms with Crippen molar-refractivity contribution < 1.29 is 18.8 Å². The van der Waals surface area contributed by atoms with Crippen LogP contribution in [0.3, 0.4) is 0 Å². The van der Waals surface area contributed by atoms with Crippen molar-refractivity contribution in [2.24, 2.45) is 0 Å². The molecule has 0 aliphatic heterocycles. The number of nitrogens with zero attached hydrogens (tertiary/aromatic N) is 2. The summed E-state index contributed by atoms with van der Waals surface area (Å²) in [5, 5.41) is 9.78. The molecule has 0 bridgehead atoms. The first-order valence-corrected chi connectivity index (χ1v) is 11.8. The summed E-state index contributed by atoms with van der Waals surface area (Å²) in [6.07, 6.45) is 1.99. The van der Waals surface area contributed by atoms with E-state index in [1.807, 2.05) is 54.6 Å². The van der Waals surface area contributed by atoms with E-state index >= 15 is 0 Å². The third kappa shape index (κ3) is 6.79. The minimum Gasteiger partial charge on any atom is -0.497 e. The van der Waals surface area contributed by atoms with Crippen molar-refractivity contribution in [3.8, 4) is 17.1 Å². The predicted molar refractivity (Wildman–Crippen MR) is 137 cm³/mol. The van der Waals surface area contributed by atoms with Gasteiger partial charge in [0.15, 0.2) is 0 Å². The summed E-state index contributed by atoms with van der Waals surface area (Å²) in [5.74, 6) is 1.30. The maximum absolute atomic E-state index is 12.7. The number of benzene rings is 3. The molecule has 0 aliphatic carbocycles. The number of carbonyl (C=O) groups excluding carboxylic acids is 2. The van der Waals surface area contributed by atoms with Crippen molar-refractivity contribution in [3.05, 3.63) is 95.9 Å². The summed E-state index contributed by atoms with van der Waals surface area (Å²) >= 11 is 0. The van der Waals surface area contributed by atoms with E-state index in [4.69, 9.17) is 9.26 Å². The Labute approximate surface area is 209 Å². The van der Waals surface area contributed by atoms with E-state index in [0.29, 0.717) is 42.4 Å². The van der Waals surface area contributed by atoms with Crippen LogP contribution >= 0.6 is 0 Å². The lowest BCUT2D eigenvalue weighted by atomic mass is 10.1. The molecule has 1 aromatic heterocycles. The molecule has 0 radical (unpaired) electrons. The summed E-state index contributed by atoms with van der Waals surface area (Å²) in [6, 6.07) is 24.3. The van der Waals surface area contributed by atoms with Gasteiger partial charge in [0.2, 0.25) is 17.6 Å². The number of anilines is 1. The second-order valence-electron chi connectivity index (χ2n) is 8.18. The molecule has 0 fully saturated rings. The van der Waals surface area contributed by atoms with Crippen molar-refractivity contribution in [2.45, 2.75) is 25.7 Å². The maximum atomic E-state index is 12.7. The minimum atomic E-state index is -0.223. The highest BCUT2D eigenvalue weighted by atomic mass is 16.5. The molecule has 8 heteroatoms. The van der Waals surface area contributed by atoms with Crippen LogP contribution in [0.15, 0.2) is 83.4 Å². The fourth-order valence-corrected chi connectivity index (χ4v) is 3.68. The topological polar surface area (TPSA) is 106 Å². The second kappa shape index (κ2) is 12.3. The molecule has 0 saturated carbocycles. The molecule has 4 rings (SSSR count). The first-order valence-electron chi connectivity index (χ1n) is 11.8. The van der Waals surface area contributed by atoms with Gasteiger partial charge < -0.3 is 19.9 Å². The number of hydrogen-bond acceptors (Lipinski definition) is 6. The fraction of sp³-hybridized carbons (Fsp3) is 0.214. The van der Waals surface area contributed by atoms with Crippen molar-refractivity contribution in [1.82, 2.24) is 15.5 Å². The Hall–Kier alpha value is -4.46. The largest absolute Gasteiger partial charge is 0.497 e. The predicted octanol–water partition coefficient (Wildman–Crippen LogP) is 4.68. The van der Waals surface area contributed by atoms with Crippen LogP contribution in [-0.2, 0) is 17.6 Å². The molecule has 184 valence electrons. The third-order valence-corrected chi connectivity index (χ3v) is 5.60. The molecule has 0 atom stereocenters. The highest BCUT2D eigenvalue weighted by Gasteiger charge is 2.14.